The quantitative estimate of drug-likeness (QED) is 0.0957. The summed E-state index contributed by atoms with van der Waals surface area (Å²) in [6, 6.07) is 15.3. The molecule has 0 aliphatic heterocycles. The molecule has 3 N–H and O–H groups in total. The normalized spacial score (nSPS) is 10.0. The summed E-state index contributed by atoms with van der Waals surface area (Å²) in [6.07, 6.45) is 14.2. The molecule has 19 nitrogen and oxygen atoms in total. The summed E-state index contributed by atoms with van der Waals surface area (Å²) in [4.78, 5) is 0.413. The maximum Gasteiger partial charge on any atom is 1.00 e. The topological polar surface area (TPSA) is 340 Å². The molecule has 4 rings (SSSR count). The summed E-state index contributed by atoms with van der Waals surface area (Å²) in [5.41, 5.74) is 2.08. The zero-order valence-corrected chi connectivity index (χ0v) is 43.8. The molecule has 1 aromatic heterocycles. The number of aromatic amines is 1. The number of hydrogen-bond donors (Lipinski definition) is 2. The van der Waals surface area contributed by atoms with E-state index in [1.54, 1.807) is 12.1 Å². The first-order valence-electron chi connectivity index (χ1n) is 16.2. The molecule has 0 saturated heterocycles. The molecule has 0 aliphatic rings. The second kappa shape index (κ2) is 32.3. The van der Waals surface area contributed by atoms with Crippen LogP contribution in [0.15, 0.2) is 133 Å². The van der Waals surface area contributed by atoms with Gasteiger partial charge in [0.05, 0.1) is 15.0 Å². The molecule has 0 unspecified atom stereocenters. The van der Waals surface area contributed by atoms with Gasteiger partial charge in [0.2, 0.25) is 0 Å². The van der Waals surface area contributed by atoms with Crippen LogP contribution in [0.3, 0.4) is 0 Å². The number of aromatic nitrogens is 1. The van der Waals surface area contributed by atoms with Gasteiger partial charge in [-0.15, -0.1) is 79.9 Å². The predicted octanol–water partition coefficient (Wildman–Crippen LogP) is -1.19. The average molecular weight is 1050 g/mol. The first-order chi connectivity index (χ1) is 29.5. The zero-order valence-electron chi connectivity index (χ0n) is 34.9. The standard InChI is InChI=1S/C14H14O3S.C10H10O6S2.C10H9O3S.C5H5N.2Na.2O3S/c1-5-10-9-11(6-2)14(18(15,16)17)13(8-4)12(10)7-3;1-3-7-5-6-8(4-2)10(18(14,15)16)9(7)17(11,12)13;1-3-8-5-6-9(4-2)10(7-8)14(11,12)13;1-2-4-6-5-3-1;;;2*1-4(2)3/h5-9H,1-4H2,(H,15,16,17);3-6H,1-2H2,(H,11,12,13)(H,14,15,16);3-5,7H,1-2H2,(H,11,12,13);1-5H;;;;/q;;-1;;2*+1;;/p-1. The zero-order chi connectivity index (χ0) is 50.2. The van der Waals surface area contributed by atoms with Gasteiger partial charge in [0.25, 0.3) is 20.2 Å². The van der Waals surface area contributed by atoms with E-state index in [2.05, 4.69) is 63.7 Å². The molecule has 0 amide bonds. The van der Waals surface area contributed by atoms with E-state index < -0.39 is 71.5 Å². The second-order valence-corrected chi connectivity index (χ2v) is 17.0. The Morgan fingerprint density at radius 1 is 0.515 bits per heavy atom. The van der Waals surface area contributed by atoms with E-state index in [0.29, 0.717) is 16.7 Å². The fourth-order valence-electron chi connectivity index (χ4n) is 4.55. The monoisotopic (exact) mass is 1050 g/mol. The molecule has 0 bridgehead atoms. The van der Waals surface area contributed by atoms with Crippen LogP contribution < -0.4 is 64.1 Å². The molecule has 344 valence electrons. The van der Waals surface area contributed by atoms with Crippen molar-refractivity contribution in [1.82, 2.24) is 0 Å². The average Bonchev–Trinajstić information content (AvgIpc) is 3.21. The van der Waals surface area contributed by atoms with Crippen molar-refractivity contribution in [3.05, 3.63) is 164 Å². The molecule has 0 aliphatic carbocycles. The van der Waals surface area contributed by atoms with Crippen molar-refractivity contribution in [2.75, 3.05) is 0 Å². The van der Waals surface area contributed by atoms with Gasteiger partial charge in [-0.3, -0.25) is 9.11 Å². The van der Waals surface area contributed by atoms with Crippen LogP contribution >= 0.6 is 0 Å². The van der Waals surface area contributed by atoms with Gasteiger partial charge in [0.15, 0.2) is 12.4 Å². The van der Waals surface area contributed by atoms with Crippen molar-refractivity contribution in [3.8, 4) is 0 Å². The van der Waals surface area contributed by atoms with E-state index in [0.717, 1.165) is 12.2 Å². The number of pyridine rings is 1. The van der Waals surface area contributed by atoms with Crippen LogP contribution in [0.2, 0.25) is 0 Å². The van der Waals surface area contributed by atoms with E-state index >= 15 is 0 Å². The number of benzene rings is 3. The Morgan fingerprint density at radius 3 is 1.15 bits per heavy atom. The Kier molecular flexibility index (Phi) is 33.4. The van der Waals surface area contributed by atoms with Crippen molar-refractivity contribution >= 4 is 110 Å². The van der Waals surface area contributed by atoms with Crippen LogP contribution in [-0.2, 0) is 61.7 Å². The molecule has 0 fully saturated rings. The first kappa shape index (κ1) is 68.2. The molecular formula is C39H37NNa2O18S6. The van der Waals surface area contributed by atoms with Gasteiger partial charge in [-0.1, -0.05) is 94.1 Å². The number of rotatable bonds is 12. The van der Waals surface area contributed by atoms with Crippen LogP contribution in [0, 0.1) is 6.07 Å². The molecular weight excluding hydrogens is 1010 g/mol. The van der Waals surface area contributed by atoms with Crippen LogP contribution in [0.4, 0.5) is 0 Å². The molecule has 4 aromatic rings. The minimum Gasteiger partial charge on any atom is -0.752 e. The Balaban J connectivity index is -0.000000377. The van der Waals surface area contributed by atoms with E-state index in [1.165, 1.54) is 54.6 Å². The van der Waals surface area contributed by atoms with E-state index in [9.17, 15) is 42.8 Å². The first-order valence-corrected chi connectivity index (χ1v) is 23.9. The summed E-state index contributed by atoms with van der Waals surface area (Å²) >= 11 is 0. The fraction of sp³-hybridized carbons (Fsp3) is 0. The third-order valence-corrected chi connectivity index (χ3v) is 10.8. The minimum atomic E-state index is -4.85. The van der Waals surface area contributed by atoms with Crippen molar-refractivity contribution < 1.29 is 141 Å². The van der Waals surface area contributed by atoms with E-state index in [-0.39, 0.29) is 96.7 Å². The van der Waals surface area contributed by atoms with Gasteiger partial charge < -0.3 is 9.11 Å². The molecule has 3 aromatic carbocycles. The molecule has 27 heteroatoms. The van der Waals surface area contributed by atoms with Crippen molar-refractivity contribution in [3.63, 3.8) is 0 Å². The van der Waals surface area contributed by atoms with Gasteiger partial charge in [-0.2, -0.15) is 16.8 Å². The van der Waals surface area contributed by atoms with Crippen molar-refractivity contribution in [2.24, 2.45) is 0 Å². The Morgan fingerprint density at radius 2 is 0.909 bits per heavy atom. The number of H-pyrrole nitrogens is 1. The SMILES string of the molecule is C=Cc1c[c-]c(C=C)c(S(=O)(=O)[O-])c1.C=Cc1cc(C=C)c(S(=O)(=O)[O-])c(C=C)c1C=C.C=Cc1ccc(C=C)c(S(=O)(=O)O)c1S(=O)(=O)O.O=S(=O)=O.O=S(=O)=O.[Na+].[Na+].c1cc[nH+]cc1. The summed E-state index contributed by atoms with van der Waals surface area (Å²) in [5.74, 6) is 0. The molecule has 0 saturated carbocycles. The Labute approximate surface area is 430 Å². The van der Waals surface area contributed by atoms with Gasteiger partial charge in [0.1, 0.15) is 19.9 Å². The summed E-state index contributed by atoms with van der Waals surface area (Å²) in [6.45, 7) is 27.8. The molecule has 0 atom stereocenters. The molecule has 66 heavy (non-hydrogen) atoms. The molecule has 1 heterocycles. The van der Waals surface area contributed by atoms with Crippen LogP contribution in [0.25, 0.3) is 48.6 Å². The van der Waals surface area contributed by atoms with E-state index in [1.807, 2.05) is 30.6 Å². The van der Waals surface area contributed by atoms with E-state index in [4.69, 9.17) is 34.4 Å². The van der Waals surface area contributed by atoms with Gasteiger partial charge in [-0.05, 0) is 44.3 Å². The summed E-state index contributed by atoms with van der Waals surface area (Å²) in [7, 11) is -25.0. The summed E-state index contributed by atoms with van der Waals surface area (Å²) in [5, 5.41) is 0. The van der Waals surface area contributed by atoms with Crippen molar-refractivity contribution in [1.29, 1.82) is 0 Å². The maximum atomic E-state index is 11.3. The van der Waals surface area contributed by atoms with Crippen LogP contribution in [0.1, 0.15) is 44.5 Å². The minimum absolute atomic E-state index is 0. The van der Waals surface area contributed by atoms with Gasteiger partial charge in [0, 0.05) is 12.1 Å². The van der Waals surface area contributed by atoms with Gasteiger partial charge in [-0.25, -0.2) is 21.8 Å². The molecule has 0 radical (unpaired) electrons. The van der Waals surface area contributed by atoms with Crippen LogP contribution in [0.5, 0.6) is 0 Å². The maximum absolute atomic E-state index is 11.3. The Bertz CT molecular complexity index is 2970. The molecule has 0 spiro atoms. The largest absolute Gasteiger partial charge is 1.00 e. The Hall–Kier alpha value is -4.39. The third-order valence-electron chi connectivity index (χ3n) is 6.92. The fourth-order valence-corrected chi connectivity index (χ4v) is 8.37. The summed E-state index contributed by atoms with van der Waals surface area (Å²) < 4.78 is 180. The predicted molar refractivity (Wildman–Crippen MR) is 237 cm³/mol. The second-order valence-electron chi connectivity index (χ2n) is 10.8. The third kappa shape index (κ3) is 24.4. The number of nitrogens with one attached hydrogen (secondary N) is 1. The smallest absolute Gasteiger partial charge is 0.752 e. The van der Waals surface area contributed by atoms with Crippen LogP contribution in [-0.4, -0.2) is 77.1 Å². The van der Waals surface area contributed by atoms with Gasteiger partial charge >= 0.3 is 80.3 Å². The number of hydrogen-bond acceptors (Lipinski definition) is 16. The van der Waals surface area contributed by atoms with Crippen molar-refractivity contribution in [2.45, 2.75) is 19.6 Å².